The lowest BCUT2D eigenvalue weighted by Crippen LogP contribution is -2.16. The monoisotopic (exact) mass is 449 g/mol. The van der Waals surface area contributed by atoms with Crippen LogP contribution < -0.4 is 10.6 Å². The van der Waals surface area contributed by atoms with Gasteiger partial charge in [-0.25, -0.2) is 14.4 Å². The Morgan fingerprint density at radius 2 is 1.87 bits per heavy atom. The molecule has 1 aliphatic carbocycles. The predicted octanol–water partition coefficient (Wildman–Crippen LogP) is 6.00. The van der Waals surface area contributed by atoms with Crippen molar-refractivity contribution < 1.29 is 17.6 Å². The minimum atomic E-state index is -4.44. The molecule has 2 aromatic rings. The van der Waals surface area contributed by atoms with Crippen LogP contribution in [0.25, 0.3) is 5.57 Å². The number of nitrogens with one attached hydrogen (secondary N) is 3. The molecular weight excluding hydrogens is 434 g/mol. The number of rotatable bonds is 5. The van der Waals surface area contributed by atoms with E-state index in [0.29, 0.717) is 28.4 Å². The summed E-state index contributed by atoms with van der Waals surface area (Å²) >= 11 is 6.16. The second-order valence-corrected chi connectivity index (χ2v) is 7.47. The molecule has 5 nitrogen and oxygen atoms in total. The first kappa shape index (κ1) is 21.0. The Kier molecular flexibility index (Phi) is 5.53. The highest BCUT2D eigenvalue weighted by atomic mass is 35.5. The van der Waals surface area contributed by atoms with E-state index >= 15 is 0 Å². The lowest BCUT2D eigenvalue weighted by Gasteiger charge is -2.17. The Bertz CT molecular complexity index is 1120. The molecule has 0 saturated heterocycles. The molecule has 0 atom stereocenters. The first-order chi connectivity index (χ1) is 14.7. The quantitative estimate of drug-likeness (QED) is 0.297. The van der Waals surface area contributed by atoms with Crippen LogP contribution in [-0.2, 0) is 6.18 Å². The number of allylic oxidation sites excluding steroid dienone is 4. The van der Waals surface area contributed by atoms with Crippen molar-refractivity contribution in [2.75, 3.05) is 5.32 Å². The van der Waals surface area contributed by atoms with Gasteiger partial charge in [0.2, 0.25) is 5.95 Å². The molecule has 0 unspecified atom stereocenters. The smallest absolute Gasteiger partial charge is 0.361 e. The van der Waals surface area contributed by atoms with Crippen molar-refractivity contribution in [2.45, 2.75) is 19.0 Å². The number of aromatic nitrogens is 2. The second kappa shape index (κ2) is 8.14. The number of nitrogens with zero attached hydrogens (tertiary/aromatic N) is 2. The van der Waals surface area contributed by atoms with E-state index in [2.05, 4.69) is 20.6 Å². The van der Waals surface area contributed by atoms with Gasteiger partial charge in [-0.15, -0.1) is 0 Å². The molecule has 160 valence electrons. The van der Waals surface area contributed by atoms with Crippen LogP contribution in [0.1, 0.15) is 24.1 Å². The summed E-state index contributed by atoms with van der Waals surface area (Å²) in [5, 5.41) is 14.4. The topological polar surface area (TPSA) is 73.7 Å². The zero-order valence-electron chi connectivity index (χ0n) is 15.9. The van der Waals surface area contributed by atoms with Gasteiger partial charge < -0.3 is 16.0 Å². The van der Waals surface area contributed by atoms with Gasteiger partial charge in [0, 0.05) is 35.2 Å². The summed E-state index contributed by atoms with van der Waals surface area (Å²) < 4.78 is 52.1. The van der Waals surface area contributed by atoms with Crippen molar-refractivity contribution in [3.05, 3.63) is 76.6 Å². The van der Waals surface area contributed by atoms with Crippen LogP contribution >= 0.6 is 11.6 Å². The minimum Gasteiger partial charge on any atom is -0.361 e. The van der Waals surface area contributed by atoms with Crippen LogP contribution in [0.5, 0.6) is 0 Å². The molecule has 1 aromatic heterocycles. The lowest BCUT2D eigenvalue weighted by molar-refractivity contribution is -0.137. The maximum absolute atomic E-state index is 13.8. The molecule has 1 aliphatic heterocycles. The molecular formula is C21H16ClF4N5. The summed E-state index contributed by atoms with van der Waals surface area (Å²) in [5.74, 6) is -0.385. The summed E-state index contributed by atoms with van der Waals surface area (Å²) in [4.78, 5) is 8.46. The molecule has 1 fully saturated rings. The number of halogens is 5. The third-order valence-electron chi connectivity index (χ3n) is 4.71. The maximum Gasteiger partial charge on any atom is 0.416 e. The second-order valence-electron chi connectivity index (χ2n) is 7.08. The third kappa shape index (κ3) is 4.93. The fourth-order valence-electron chi connectivity index (χ4n) is 3.05. The zero-order chi connectivity index (χ0) is 22.2. The van der Waals surface area contributed by atoms with Gasteiger partial charge in [0.15, 0.2) is 0 Å². The van der Waals surface area contributed by atoms with Crippen molar-refractivity contribution >= 4 is 34.5 Å². The lowest BCUT2D eigenvalue weighted by atomic mass is 9.99. The van der Waals surface area contributed by atoms with Gasteiger partial charge in [-0.1, -0.05) is 11.6 Å². The molecule has 0 amide bonds. The first-order valence-corrected chi connectivity index (χ1v) is 9.71. The Labute approximate surface area is 180 Å². The van der Waals surface area contributed by atoms with E-state index < -0.39 is 17.6 Å². The molecule has 4 rings (SSSR count). The van der Waals surface area contributed by atoms with E-state index in [-0.39, 0.29) is 17.0 Å². The maximum atomic E-state index is 13.8. The highest BCUT2D eigenvalue weighted by Gasteiger charge is 2.32. The fraction of sp³-hybridized carbons (Fsp3) is 0.190. The van der Waals surface area contributed by atoms with Crippen LogP contribution in [0.2, 0.25) is 5.15 Å². The van der Waals surface area contributed by atoms with E-state index in [1.165, 1.54) is 36.6 Å². The molecule has 2 aliphatic rings. The van der Waals surface area contributed by atoms with E-state index in [1.54, 1.807) is 0 Å². The average Bonchev–Trinajstić information content (AvgIpc) is 3.53. The highest BCUT2D eigenvalue weighted by molar-refractivity contribution is 6.30. The third-order valence-corrected chi connectivity index (χ3v) is 4.90. The van der Waals surface area contributed by atoms with Crippen LogP contribution in [-0.4, -0.2) is 15.7 Å². The number of alkyl halides is 3. The fourth-order valence-corrected chi connectivity index (χ4v) is 3.24. The zero-order valence-corrected chi connectivity index (χ0v) is 16.7. The van der Waals surface area contributed by atoms with E-state index in [9.17, 15) is 17.6 Å². The van der Waals surface area contributed by atoms with Gasteiger partial charge in [-0.3, -0.25) is 0 Å². The molecule has 1 aromatic carbocycles. The molecule has 0 bridgehead atoms. The van der Waals surface area contributed by atoms with Gasteiger partial charge in [0.05, 0.1) is 17.0 Å². The average molecular weight is 450 g/mol. The van der Waals surface area contributed by atoms with Crippen LogP contribution in [0.15, 0.2) is 60.2 Å². The van der Waals surface area contributed by atoms with Gasteiger partial charge in [-0.2, -0.15) is 13.2 Å². The van der Waals surface area contributed by atoms with Crippen molar-refractivity contribution in [1.82, 2.24) is 15.3 Å². The number of benzene rings is 1. The van der Waals surface area contributed by atoms with Crippen molar-refractivity contribution in [3.63, 3.8) is 0 Å². The molecule has 3 N–H and O–H groups in total. The normalized spacial score (nSPS) is 17.6. The highest BCUT2D eigenvalue weighted by Crippen LogP contribution is 2.37. The summed E-state index contributed by atoms with van der Waals surface area (Å²) in [6.07, 6.45) is 1.22. The summed E-state index contributed by atoms with van der Waals surface area (Å²) in [7, 11) is 0. The first-order valence-electron chi connectivity index (χ1n) is 9.33. The van der Waals surface area contributed by atoms with Crippen LogP contribution in [0.4, 0.5) is 29.2 Å². The Morgan fingerprint density at radius 3 is 2.48 bits per heavy atom. The van der Waals surface area contributed by atoms with Gasteiger partial charge in [-0.05, 0) is 49.3 Å². The van der Waals surface area contributed by atoms with Gasteiger partial charge in [0.1, 0.15) is 11.0 Å². The molecule has 0 radical (unpaired) electrons. The standard InChI is InChI=1S/C21H16ClF4N5/c22-17-10-16(18(19(27)11-1-2-11)15-9-13(23)7-8-28-15)30-20(31-17)29-14-5-3-12(4-6-14)21(24,25)26/h3-11,27-28H,1-2H2,(H,29,30,31)/b18-15-,27-19?. The van der Waals surface area contributed by atoms with Gasteiger partial charge >= 0.3 is 6.18 Å². The predicted molar refractivity (Wildman–Crippen MR) is 111 cm³/mol. The number of dihydropyridines is 1. The van der Waals surface area contributed by atoms with Crippen LogP contribution in [0.3, 0.4) is 0 Å². The van der Waals surface area contributed by atoms with E-state index in [0.717, 1.165) is 25.0 Å². The van der Waals surface area contributed by atoms with E-state index in [4.69, 9.17) is 17.0 Å². The molecule has 10 heteroatoms. The van der Waals surface area contributed by atoms with E-state index in [1.807, 2.05) is 0 Å². The SMILES string of the molecule is N=C(/C(=C1/C=C(F)C=CN1)c1cc(Cl)nc(Nc2ccc(C(F)(F)F)cc2)n1)C1CC1. The summed E-state index contributed by atoms with van der Waals surface area (Å²) in [6.45, 7) is 0. The largest absolute Gasteiger partial charge is 0.416 e. The summed E-state index contributed by atoms with van der Waals surface area (Å²) in [5.41, 5.74) is 0.914. The molecule has 31 heavy (non-hydrogen) atoms. The molecule has 1 saturated carbocycles. The van der Waals surface area contributed by atoms with Crippen molar-refractivity contribution in [3.8, 4) is 0 Å². The van der Waals surface area contributed by atoms with Gasteiger partial charge in [0.25, 0.3) is 0 Å². The van der Waals surface area contributed by atoms with Crippen molar-refractivity contribution in [1.29, 1.82) is 5.41 Å². The molecule has 2 heterocycles. The Balaban J connectivity index is 1.69. The van der Waals surface area contributed by atoms with Crippen LogP contribution in [0, 0.1) is 11.3 Å². The molecule has 0 spiro atoms. The number of anilines is 2. The Hall–Kier alpha value is -3.20. The number of hydrogen-bond donors (Lipinski definition) is 3. The minimum absolute atomic E-state index is 0.0414. The van der Waals surface area contributed by atoms with Crippen molar-refractivity contribution in [2.24, 2.45) is 5.92 Å². The Morgan fingerprint density at radius 1 is 1.16 bits per heavy atom. The number of hydrogen-bond acceptors (Lipinski definition) is 5. The summed E-state index contributed by atoms with van der Waals surface area (Å²) in [6, 6.07) is 5.85.